The van der Waals surface area contributed by atoms with Gasteiger partial charge in [0.25, 0.3) is 0 Å². The third-order valence-corrected chi connectivity index (χ3v) is 3.61. The summed E-state index contributed by atoms with van der Waals surface area (Å²) in [5, 5.41) is 6.29. The van der Waals surface area contributed by atoms with Gasteiger partial charge in [0.2, 0.25) is 5.95 Å². The molecule has 3 nitrogen and oxygen atoms in total. The number of hydrogen-bond donors (Lipinski definition) is 1. The molecule has 100 valence electrons. The van der Waals surface area contributed by atoms with E-state index in [9.17, 15) is 0 Å². The van der Waals surface area contributed by atoms with E-state index in [1.807, 2.05) is 30.3 Å². The maximum absolute atomic E-state index is 6.25. The van der Waals surface area contributed by atoms with Crippen molar-refractivity contribution >= 4 is 28.3 Å². The summed E-state index contributed by atoms with van der Waals surface area (Å²) in [6, 6.07) is 14.0. The zero-order valence-corrected chi connectivity index (χ0v) is 11.8. The standard InChI is InChI=1S/C16H14ClN3/c1-11(20-16-18-9-4-10-19-16)12-7-8-15(17)14-6-3-2-5-13(12)14/h2-11H,1H3,(H,18,19,20). The van der Waals surface area contributed by atoms with Gasteiger partial charge in [-0.3, -0.25) is 0 Å². The van der Waals surface area contributed by atoms with Gasteiger partial charge in [-0.25, -0.2) is 9.97 Å². The number of nitrogens with one attached hydrogen (secondary N) is 1. The summed E-state index contributed by atoms with van der Waals surface area (Å²) in [5.41, 5.74) is 1.18. The van der Waals surface area contributed by atoms with Crippen molar-refractivity contribution in [3.8, 4) is 0 Å². The molecule has 1 unspecified atom stereocenters. The number of aromatic nitrogens is 2. The molecule has 0 aliphatic carbocycles. The second-order valence-corrected chi connectivity index (χ2v) is 5.03. The summed E-state index contributed by atoms with van der Waals surface area (Å²) in [6.45, 7) is 2.09. The van der Waals surface area contributed by atoms with Crippen LogP contribution in [0.15, 0.2) is 54.9 Å². The van der Waals surface area contributed by atoms with E-state index in [4.69, 9.17) is 11.6 Å². The average molecular weight is 284 g/mol. The van der Waals surface area contributed by atoms with Gasteiger partial charge in [0.05, 0.1) is 6.04 Å². The van der Waals surface area contributed by atoms with Crippen LogP contribution < -0.4 is 5.32 Å². The van der Waals surface area contributed by atoms with E-state index >= 15 is 0 Å². The molecule has 0 saturated carbocycles. The lowest BCUT2D eigenvalue weighted by atomic mass is 10.00. The van der Waals surface area contributed by atoms with E-state index in [2.05, 4.69) is 28.3 Å². The van der Waals surface area contributed by atoms with E-state index in [-0.39, 0.29) is 6.04 Å². The van der Waals surface area contributed by atoms with E-state index in [1.54, 1.807) is 18.5 Å². The summed E-state index contributed by atoms with van der Waals surface area (Å²) in [6.07, 6.45) is 3.45. The minimum absolute atomic E-state index is 0.0968. The fourth-order valence-corrected chi connectivity index (χ4v) is 2.54. The monoisotopic (exact) mass is 283 g/mol. The molecule has 0 aliphatic rings. The van der Waals surface area contributed by atoms with Crippen LogP contribution in [0.4, 0.5) is 5.95 Å². The Hall–Kier alpha value is -2.13. The van der Waals surface area contributed by atoms with Crippen molar-refractivity contribution in [3.05, 3.63) is 65.4 Å². The zero-order valence-electron chi connectivity index (χ0n) is 11.0. The molecular weight excluding hydrogens is 270 g/mol. The predicted molar refractivity (Wildman–Crippen MR) is 83.0 cm³/mol. The van der Waals surface area contributed by atoms with E-state index in [0.717, 1.165) is 15.8 Å². The van der Waals surface area contributed by atoms with Crippen LogP contribution in [-0.2, 0) is 0 Å². The number of hydrogen-bond acceptors (Lipinski definition) is 3. The Labute approximate surface area is 122 Å². The van der Waals surface area contributed by atoms with Crippen molar-refractivity contribution in [2.75, 3.05) is 5.32 Å². The van der Waals surface area contributed by atoms with Gasteiger partial charge in [0.15, 0.2) is 0 Å². The summed E-state index contributed by atoms with van der Waals surface area (Å²) < 4.78 is 0. The molecule has 3 rings (SSSR count). The lowest BCUT2D eigenvalue weighted by Gasteiger charge is -2.17. The molecule has 0 amide bonds. The average Bonchev–Trinajstić information content (AvgIpc) is 2.49. The van der Waals surface area contributed by atoms with Crippen LogP contribution in [0, 0.1) is 0 Å². The molecule has 0 saturated heterocycles. The Morgan fingerprint density at radius 3 is 2.40 bits per heavy atom. The third kappa shape index (κ3) is 2.45. The number of halogens is 1. The summed E-state index contributed by atoms with van der Waals surface area (Å²) in [4.78, 5) is 8.39. The first kappa shape index (κ1) is 12.9. The molecule has 0 aliphatic heterocycles. The quantitative estimate of drug-likeness (QED) is 0.771. The first-order valence-corrected chi connectivity index (χ1v) is 6.84. The molecule has 1 atom stereocenters. The van der Waals surface area contributed by atoms with E-state index in [0.29, 0.717) is 5.95 Å². The molecular formula is C16H14ClN3. The van der Waals surface area contributed by atoms with Crippen LogP contribution in [0.1, 0.15) is 18.5 Å². The molecule has 0 radical (unpaired) electrons. The van der Waals surface area contributed by atoms with Crippen molar-refractivity contribution in [1.29, 1.82) is 0 Å². The van der Waals surface area contributed by atoms with Gasteiger partial charge < -0.3 is 5.32 Å². The third-order valence-electron chi connectivity index (χ3n) is 3.28. The van der Waals surface area contributed by atoms with Gasteiger partial charge in [-0.1, -0.05) is 41.9 Å². The number of rotatable bonds is 3. The zero-order chi connectivity index (χ0) is 13.9. The van der Waals surface area contributed by atoms with Crippen LogP contribution in [0.2, 0.25) is 5.02 Å². The molecule has 1 aromatic heterocycles. The van der Waals surface area contributed by atoms with Gasteiger partial charge in [-0.15, -0.1) is 0 Å². The smallest absolute Gasteiger partial charge is 0.223 e. The second-order valence-electron chi connectivity index (χ2n) is 4.62. The first-order chi connectivity index (χ1) is 9.75. The first-order valence-electron chi connectivity index (χ1n) is 6.46. The summed E-state index contributed by atoms with van der Waals surface area (Å²) >= 11 is 6.25. The van der Waals surface area contributed by atoms with Crippen molar-refractivity contribution in [3.63, 3.8) is 0 Å². The molecule has 0 fully saturated rings. The lowest BCUT2D eigenvalue weighted by Crippen LogP contribution is -2.09. The van der Waals surface area contributed by atoms with Crippen molar-refractivity contribution in [1.82, 2.24) is 9.97 Å². The Morgan fingerprint density at radius 2 is 1.65 bits per heavy atom. The Morgan fingerprint density at radius 1 is 0.950 bits per heavy atom. The Bertz CT molecular complexity index is 728. The SMILES string of the molecule is CC(Nc1ncccn1)c1ccc(Cl)c2ccccc12. The molecule has 2 aromatic carbocycles. The molecule has 1 N–H and O–H groups in total. The maximum Gasteiger partial charge on any atom is 0.223 e. The van der Waals surface area contributed by atoms with Gasteiger partial charge >= 0.3 is 0 Å². The van der Waals surface area contributed by atoms with Gasteiger partial charge in [0.1, 0.15) is 0 Å². The second kappa shape index (κ2) is 5.47. The fraction of sp³-hybridized carbons (Fsp3) is 0.125. The Kier molecular flexibility index (Phi) is 3.52. The molecule has 3 aromatic rings. The van der Waals surface area contributed by atoms with Crippen LogP contribution in [-0.4, -0.2) is 9.97 Å². The van der Waals surface area contributed by atoms with Crippen LogP contribution >= 0.6 is 11.6 Å². The maximum atomic E-state index is 6.25. The van der Waals surface area contributed by atoms with Crippen molar-refractivity contribution in [2.24, 2.45) is 0 Å². The lowest BCUT2D eigenvalue weighted by molar-refractivity contribution is 0.869. The highest BCUT2D eigenvalue weighted by Gasteiger charge is 2.11. The molecule has 4 heteroatoms. The molecule has 0 spiro atoms. The predicted octanol–water partition coefficient (Wildman–Crippen LogP) is 4.46. The minimum Gasteiger partial charge on any atom is -0.348 e. The van der Waals surface area contributed by atoms with E-state index < -0.39 is 0 Å². The number of anilines is 1. The van der Waals surface area contributed by atoms with Crippen molar-refractivity contribution < 1.29 is 0 Å². The molecule has 0 bridgehead atoms. The largest absolute Gasteiger partial charge is 0.348 e. The minimum atomic E-state index is 0.0968. The Balaban J connectivity index is 2.00. The molecule has 1 heterocycles. The number of benzene rings is 2. The topological polar surface area (TPSA) is 37.8 Å². The highest BCUT2D eigenvalue weighted by molar-refractivity contribution is 6.35. The summed E-state index contributed by atoms with van der Waals surface area (Å²) in [7, 11) is 0. The van der Waals surface area contributed by atoms with E-state index in [1.165, 1.54) is 5.56 Å². The van der Waals surface area contributed by atoms with Crippen LogP contribution in [0.25, 0.3) is 10.8 Å². The summed E-state index contributed by atoms with van der Waals surface area (Å²) in [5.74, 6) is 0.624. The number of fused-ring (bicyclic) bond motifs is 1. The normalized spacial score (nSPS) is 12.3. The fourth-order valence-electron chi connectivity index (χ4n) is 2.31. The molecule has 20 heavy (non-hydrogen) atoms. The highest BCUT2D eigenvalue weighted by Crippen LogP contribution is 2.30. The van der Waals surface area contributed by atoms with Crippen LogP contribution in [0.3, 0.4) is 0 Å². The van der Waals surface area contributed by atoms with Crippen molar-refractivity contribution in [2.45, 2.75) is 13.0 Å². The van der Waals surface area contributed by atoms with Gasteiger partial charge in [-0.05, 0) is 30.0 Å². The number of nitrogens with zero attached hydrogens (tertiary/aromatic N) is 2. The van der Waals surface area contributed by atoms with Crippen LogP contribution in [0.5, 0.6) is 0 Å². The van der Waals surface area contributed by atoms with Gasteiger partial charge in [-0.2, -0.15) is 0 Å². The van der Waals surface area contributed by atoms with Gasteiger partial charge in [0, 0.05) is 22.8 Å². The highest BCUT2D eigenvalue weighted by atomic mass is 35.5.